The van der Waals surface area contributed by atoms with E-state index in [1.54, 1.807) is 0 Å². The Morgan fingerprint density at radius 2 is 1.95 bits per heavy atom. The monoisotopic (exact) mass is 300 g/mol. The van der Waals surface area contributed by atoms with Crippen molar-refractivity contribution in [3.05, 3.63) is 35.5 Å². The number of nitrogens with one attached hydrogen (secondary N) is 1. The number of anilines is 2. The fourth-order valence-electron chi connectivity index (χ4n) is 1.27. The van der Waals surface area contributed by atoms with E-state index < -0.39 is 10.0 Å². The molecule has 0 saturated carbocycles. The van der Waals surface area contributed by atoms with Crippen LogP contribution in [0.1, 0.15) is 0 Å². The first-order chi connectivity index (χ1) is 8.88. The Bertz CT molecular complexity index is 703. The highest BCUT2D eigenvalue weighted by molar-refractivity contribution is 7.92. The molecule has 9 heteroatoms. The summed E-state index contributed by atoms with van der Waals surface area (Å²) in [4.78, 5) is -0.0976. The zero-order valence-corrected chi connectivity index (χ0v) is 11.0. The van der Waals surface area contributed by atoms with Crippen LogP contribution in [-0.2, 0) is 10.0 Å². The van der Waals surface area contributed by atoms with E-state index in [1.807, 2.05) is 0 Å². The molecule has 1 aromatic carbocycles. The van der Waals surface area contributed by atoms with Crippen LogP contribution in [0.2, 0.25) is 5.15 Å². The summed E-state index contributed by atoms with van der Waals surface area (Å²) in [6.45, 7) is 0. The molecule has 0 unspecified atom stereocenters. The number of halogens is 1. The summed E-state index contributed by atoms with van der Waals surface area (Å²) in [5, 5.41) is 16.5. The van der Waals surface area contributed by atoms with Crippen LogP contribution in [0.5, 0.6) is 5.75 Å². The Balaban J connectivity index is 2.32. The van der Waals surface area contributed by atoms with E-state index in [-0.39, 0.29) is 27.3 Å². The third kappa shape index (κ3) is 3.04. The highest BCUT2D eigenvalue weighted by Gasteiger charge is 2.16. The summed E-state index contributed by atoms with van der Waals surface area (Å²) < 4.78 is 26.2. The first-order valence-corrected chi connectivity index (χ1v) is 6.85. The van der Waals surface area contributed by atoms with Crippen LogP contribution in [0.15, 0.2) is 35.2 Å². The van der Waals surface area contributed by atoms with Crippen LogP contribution in [-0.4, -0.2) is 23.7 Å². The van der Waals surface area contributed by atoms with Crippen LogP contribution in [0.3, 0.4) is 0 Å². The molecule has 0 aliphatic rings. The van der Waals surface area contributed by atoms with Crippen LogP contribution in [0, 0.1) is 0 Å². The van der Waals surface area contributed by atoms with E-state index in [1.165, 1.54) is 24.3 Å². The van der Waals surface area contributed by atoms with Crippen LogP contribution in [0.4, 0.5) is 11.5 Å². The van der Waals surface area contributed by atoms with E-state index in [2.05, 4.69) is 14.9 Å². The van der Waals surface area contributed by atoms with Gasteiger partial charge in [0, 0.05) is 0 Å². The van der Waals surface area contributed by atoms with E-state index in [0.29, 0.717) is 0 Å². The smallest absolute Gasteiger partial charge is 0.263 e. The van der Waals surface area contributed by atoms with Crippen molar-refractivity contribution >= 4 is 33.1 Å². The van der Waals surface area contributed by atoms with Crippen molar-refractivity contribution in [3.63, 3.8) is 0 Å². The summed E-state index contributed by atoms with van der Waals surface area (Å²) in [7, 11) is -3.85. The van der Waals surface area contributed by atoms with Gasteiger partial charge < -0.3 is 10.8 Å². The Hall–Kier alpha value is -2.06. The van der Waals surface area contributed by atoms with Crippen molar-refractivity contribution in [1.82, 2.24) is 10.2 Å². The first-order valence-electron chi connectivity index (χ1n) is 4.99. The second-order valence-electron chi connectivity index (χ2n) is 3.57. The molecular formula is C10H9ClN4O3S. The lowest BCUT2D eigenvalue weighted by atomic mass is 10.3. The van der Waals surface area contributed by atoms with Gasteiger partial charge in [0.1, 0.15) is 5.75 Å². The fraction of sp³-hybridized carbons (Fsp3) is 0. The van der Waals surface area contributed by atoms with E-state index in [9.17, 15) is 13.5 Å². The van der Waals surface area contributed by atoms with Crippen molar-refractivity contribution in [2.75, 3.05) is 10.5 Å². The third-order valence-corrected chi connectivity index (χ3v) is 3.73. The minimum Gasteiger partial charge on any atom is -0.506 e. The van der Waals surface area contributed by atoms with E-state index in [4.69, 9.17) is 17.3 Å². The number of hydrogen-bond acceptors (Lipinski definition) is 6. The zero-order valence-electron chi connectivity index (χ0n) is 9.41. The van der Waals surface area contributed by atoms with Gasteiger partial charge in [0.25, 0.3) is 10.0 Å². The Morgan fingerprint density at radius 1 is 1.21 bits per heavy atom. The zero-order chi connectivity index (χ0) is 14.0. The number of hydrogen-bond donors (Lipinski definition) is 3. The predicted octanol–water partition coefficient (Wildman–Crippen LogP) is 1.22. The molecule has 7 nitrogen and oxygen atoms in total. The minimum atomic E-state index is -3.85. The van der Waals surface area contributed by atoms with Crippen molar-refractivity contribution < 1.29 is 13.5 Å². The lowest BCUT2D eigenvalue weighted by Gasteiger charge is -2.07. The molecular weight excluding hydrogens is 292 g/mol. The molecule has 2 rings (SSSR count). The molecule has 0 saturated heterocycles. The van der Waals surface area contributed by atoms with Crippen molar-refractivity contribution in [1.29, 1.82) is 0 Å². The average molecular weight is 301 g/mol. The number of rotatable bonds is 3. The number of phenols is 1. The first kappa shape index (κ1) is 13.4. The molecule has 100 valence electrons. The number of benzene rings is 1. The highest BCUT2D eigenvalue weighted by atomic mass is 35.5. The predicted molar refractivity (Wildman–Crippen MR) is 70.4 cm³/mol. The van der Waals surface area contributed by atoms with Crippen molar-refractivity contribution in [3.8, 4) is 5.75 Å². The van der Waals surface area contributed by atoms with Crippen LogP contribution in [0.25, 0.3) is 0 Å². The van der Waals surface area contributed by atoms with Gasteiger partial charge in [0.05, 0.1) is 10.6 Å². The number of phenolic OH excluding ortho intramolecular Hbond substituents is 1. The second-order valence-corrected chi connectivity index (χ2v) is 5.64. The molecule has 0 aliphatic carbocycles. The minimum absolute atomic E-state index is 0.0241. The topological polar surface area (TPSA) is 118 Å². The average Bonchev–Trinajstić information content (AvgIpc) is 2.35. The Morgan fingerprint density at radius 3 is 2.53 bits per heavy atom. The molecule has 0 radical (unpaired) electrons. The van der Waals surface area contributed by atoms with E-state index >= 15 is 0 Å². The molecule has 19 heavy (non-hydrogen) atoms. The van der Waals surface area contributed by atoms with Crippen molar-refractivity contribution in [2.45, 2.75) is 4.90 Å². The second kappa shape index (κ2) is 4.90. The number of aromatic hydroxyl groups is 1. The largest absolute Gasteiger partial charge is 0.506 e. The Labute approximate surface area is 114 Å². The number of sulfonamides is 1. The van der Waals surface area contributed by atoms with Gasteiger partial charge in [-0.05, 0) is 30.3 Å². The maximum absolute atomic E-state index is 12.0. The number of nitrogens with zero attached hydrogens (tertiary/aromatic N) is 2. The van der Waals surface area contributed by atoms with Gasteiger partial charge in [-0.3, -0.25) is 4.72 Å². The molecule has 1 aromatic heterocycles. The lowest BCUT2D eigenvalue weighted by Crippen LogP contribution is -2.14. The molecule has 0 fully saturated rings. The Kier molecular flexibility index (Phi) is 3.45. The summed E-state index contributed by atoms with van der Waals surface area (Å²) in [6.07, 6.45) is 0. The van der Waals surface area contributed by atoms with E-state index in [0.717, 1.165) is 6.07 Å². The lowest BCUT2D eigenvalue weighted by molar-refractivity contribution is 0.477. The third-order valence-electron chi connectivity index (χ3n) is 2.18. The fourth-order valence-corrected chi connectivity index (χ4v) is 2.40. The van der Waals surface area contributed by atoms with Crippen LogP contribution < -0.4 is 10.5 Å². The molecule has 1 heterocycles. The molecule has 0 bridgehead atoms. The van der Waals surface area contributed by atoms with Crippen molar-refractivity contribution in [2.24, 2.45) is 0 Å². The molecule has 4 N–H and O–H groups in total. The van der Waals surface area contributed by atoms with Gasteiger partial charge >= 0.3 is 0 Å². The quantitative estimate of drug-likeness (QED) is 0.579. The summed E-state index contributed by atoms with van der Waals surface area (Å²) >= 11 is 5.54. The highest BCUT2D eigenvalue weighted by Crippen LogP contribution is 2.24. The van der Waals surface area contributed by atoms with Gasteiger partial charge in [-0.2, -0.15) is 0 Å². The van der Waals surface area contributed by atoms with Gasteiger partial charge in [-0.1, -0.05) is 11.6 Å². The van der Waals surface area contributed by atoms with Gasteiger partial charge in [-0.15, -0.1) is 10.2 Å². The van der Waals surface area contributed by atoms with Gasteiger partial charge in [-0.25, -0.2) is 8.42 Å². The number of nitrogens with two attached hydrogens (primary N) is 1. The van der Waals surface area contributed by atoms with Gasteiger partial charge in [0.2, 0.25) is 0 Å². The normalized spacial score (nSPS) is 11.2. The molecule has 0 aliphatic heterocycles. The molecule has 2 aromatic rings. The number of aromatic nitrogens is 2. The molecule has 0 spiro atoms. The van der Waals surface area contributed by atoms with Crippen LogP contribution >= 0.6 is 11.6 Å². The number of nitrogen functional groups attached to an aromatic ring is 1. The summed E-state index contributed by atoms with van der Waals surface area (Å²) in [5.41, 5.74) is 5.41. The maximum Gasteiger partial charge on any atom is 0.263 e. The van der Waals surface area contributed by atoms with Gasteiger partial charge in [0.15, 0.2) is 11.0 Å². The molecule has 0 atom stereocenters. The maximum atomic E-state index is 12.0. The SMILES string of the molecule is Nc1cc(S(=O)(=O)Nc2ccc(Cl)nn2)ccc1O. The standard InChI is InChI=1S/C10H9ClN4O3S/c11-9-3-4-10(14-13-9)15-19(17,18)6-1-2-8(16)7(12)5-6/h1-5,16H,12H2,(H,14,15). The summed E-state index contributed by atoms with van der Waals surface area (Å²) in [5.74, 6) is -0.165. The molecule has 0 amide bonds. The summed E-state index contributed by atoms with van der Waals surface area (Å²) in [6, 6.07) is 6.32.